The first-order valence-electron chi connectivity index (χ1n) is 9.56. The fourth-order valence-electron chi connectivity index (χ4n) is 3.35. The van der Waals surface area contributed by atoms with E-state index in [4.69, 9.17) is 4.74 Å². The highest BCUT2D eigenvalue weighted by atomic mass is 19.4. The van der Waals surface area contributed by atoms with E-state index < -0.39 is 17.6 Å². The van der Waals surface area contributed by atoms with Crippen LogP contribution in [-0.4, -0.2) is 52.4 Å². The first-order chi connectivity index (χ1) is 14.9. The van der Waals surface area contributed by atoms with Gasteiger partial charge in [-0.25, -0.2) is 4.68 Å². The second kappa shape index (κ2) is 8.72. The molecule has 1 aliphatic heterocycles. The van der Waals surface area contributed by atoms with Crippen LogP contribution < -0.4 is 10.2 Å². The molecule has 1 amide bonds. The van der Waals surface area contributed by atoms with Gasteiger partial charge in [0.05, 0.1) is 24.5 Å². The molecule has 0 atom stereocenters. The lowest BCUT2D eigenvalue weighted by Crippen LogP contribution is -2.36. The molecular formula is C20H19F3N6O2. The Morgan fingerprint density at radius 3 is 2.61 bits per heavy atom. The zero-order valence-corrected chi connectivity index (χ0v) is 16.3. The maximum absolute atomic E-state index is 13.7. The summed E-state index contributed by atoms with van der Waals surface area (Å²) in [6.07, 6.45) is -3.16. The van der Waals surface area contributed by atoms with Gasteiger partial charge >= 0.3 is 6.18 Å². The average molecular weight is 432 g/mol. The number of carbonyl (C=O) groups is 1. The molecule has 2 heterocycles. The van der Waals surface area contributed by atoms with E-state index in [0.29, 0.717) is 37.7 Å². The van der Waals surface area contributed by atoms with Gasteiger partial charge in [-0.3, -0.25) is 4.79 Å². The van der Waals surface area contributed by atoms with Gasteiger partial charge in [-0.05, 0) is 46.3 Å². The first-order valence-corrected chi connectivity index (χ1v) is 9.56. The van der Waals surface area contributed by atoms with Crippen molar-refractivity contribution in [3.8, 4) is 5.69 Å². The zero-order chi connectivity index (χ0) is 21.8. The molecule has 0 saturated carbocycles. The van der Waals surface area contributed by atoms with Crippen LogP contribution in [0.5, 0.6) is 0 Å². The summed E-state index contributed by atoms with van der Waals surface area (Å²) in [4.78, 5) is 14.4. The summed E-state index contributed by atoms with van der Waals surface area (Å²) in [6.45, 7) is 1.76. The molecule has 2 aromatic carbocycles. The van der Waals surface area contributed by atoms with Crippen molar-refractivity contribution in [1.82, 2.24) is 25.5 Å². The highest BCUT2D eigenvalue weighted by Gasteiger charge is 2.34. The number of halogens is 3. The van der Waals surface area contributed by atoms with Crippen molar-refractivity contribution < 1.29 is 22.7 Å². The summed E-state index contributed by atoms with van der Waals surface area (Å²) < 4.78 is 47.7. The van der Waals surface area contributed by atoms with Crippen molar-refractivity contribution >= 4 is 11.6 Å². The van der Waals surface area contributed by atoms with Crippen LogP contribution in [0, 0.1) is 0 Å². The van der Waals surface area contributed by atoms with E-state index in [9.17, 15) is 18.0 Å². The number of carbonyl (C=O) groups excluding carboxylic acids is 1. The van der Waals surface area contributed by atoms with E-state index in [0.717, 1.165) is 6.07 Å². The van der Waals surface area contributed by atoms with Gasteiger partial charge in [-0.1, -0.05) is 12.1 Å². The molecule has 8 nitrogen and oxygen atoms in total. The lowest BCUT2D eigenvalue weighted by atomic mass is 10.0. The van der Waals surface area contributed by atoms with E-state index in [-0.39, 0.29) is 17.7 Å². The summed E-state index contributed by atoms with van der Waals surface area (Å²) in [7, 11) is 0. The number of anilines is 1. The molecule has 0 bridgehead atoms. The van der Waals surface area contributed by atoms with Crippen LogP contribution in [0.25, 0.3) is 5.69 Å². The maximum Gasteiger partial charge on any atom is 0.416 e. The summed E-state index contributed by atoms with van der Waals surface area (Å²) in [5, 5.41) is 13.4. The average Bonchev–Trinajstić information content (AvgIpc) is 3.32. The third kappa shape index (κ3) is 4.82. The second-order valence-corrected chi connectivity index (χ2v) is 6.93. The van der Waals surface area contributed by atoms with Gasteiger partial charge in [-0.2, -0.15) is 13.2 Å². The van der Waals surface area contributed by atoms with Crippen LogP contribution in [0.2, 0.25) is 0 Å². The number of nitrogens with one attached hydrogen (secondary N) is 1. The first kappa shape index (κ1) is 20.8. The van der Waals surface area contributed by atoms with Gasteiger partial charge in [-0.15, -0.1) is 5.10 Å². The monoisotopic (exact) mass is 432 g/mol. The number of hydrogen-bond donors (Lipinski definition) is 1. The minimum atomic E-state index is -4.54. The van der Waals surface area contributed by atoms with Crippen LogP contribution in [-0.2, 0) is 17.5 Å². The minimum absolute atomic E-state index is 0.00510. The van der Waals surface area contributed by atoms with Crippen molar-refractivity contribution in [2.45, 2.75) is 12.7 Å². The van der Waals surface area contributed by atoms with Crippen LogP contribution in [0.3, 0.4) is 0 Å². The smallest absolute Gasteiger partial charge is 0.378 e. The van der Waals surface area contributed by atoms with Gasteiger partial charge in [0.2, 0.25) is 0 Å². The number of tetrazole rings is 1. The maximum atomic E-state index is 13.7. The SMILES string of the molecule is O=C(NCc1ccc(N2CCOCC2)cc1C(F)(F)F)c1cccc(-n2cnnn2)c1. The van der Waals surface area contributed by atoms with E-state index in [2.05, 4.69) is 20.8 Å². The number of amides is 1. The third-order valence-electron chi connectivity index (χ3n) is 4.94. The predicted molar refractivity (Wildman–Crippen MR) is 105 cm³/mol. The standard InChI is InChI=1S/C20H19F3N6O2/c21-20(22,23)18-11-16(28-6-8-31-9-7-28)5-4-15(18)12-24-19(30)14-2-1-3-17(10-14)29-13-25-26-27-29/h1-5,10-11,13H,6-9,12H2,(H,24,30). The topological polar surface area (TPSA) is 85.2 Å². The molecule has 1 N–H and O–H groups in total. The molecule has 11 heteroatoms. The fourth-order valence-corrected chi connectivity index (χ4v) is 3.35. The summed E-state index contributed by atoms with van der Waals surface area (Å²) in [6, 6.07) is 10.6. The molecule has 162 valence electrons. The molecule has 0 aliphatic carbocycles. The molecule has 1 saturated heterocycles. The lowest BCUT2D eigenvalue weighted by Gasteiger charge is -2.29. The van der Waals surface area contributed by atoms with E-state index >= 15 is 0 Å². The highest BCUT2D eigenvalue weighted by Crippen LogP contribution is 2.35. The minimum Gasteiger partial charge on any atom is -0.378 e. The lowest BCUT2D eigenvalue weighted by molar-refractivity contribution is -0.138. The largest absolute Gasteiger partial charge is 0.416 e. The molecule has 0 spiro atoms. The normalized spacial score (nSPS) is 14.5. The Hall–Kier alpha value is -3.47. The summed E-state index contributed by atoms with van der Waals surface area (Å²) in [5.74, 6) is -0.500. The number of ether oxygens (including phenoxy) is 1. The molecule has 0 radical (unpaired) electrons. The number of morpholine rings is 1. The molecule has 1 aromatic heterocycles. The zero-order valence-electron chi connectivity index (χ0n) is 16.3. The van der Waals surface area contributed by atoms with Gasteiger partial charge in [0.1, 0.15) is 6.33 Å². The molecule has 3 aromatic rings. The van der Waals surface area contributed by atoms with Crippen LogP contribution in [0.4, 0.5) is 18.9 Å². The van der Waals surface area contributed by atoms with E-state index in [1.165, 1.54) is 17.1 Å². The molecule has 0 unspecified atom stereocenters. The number of rotatable bonds is 5. The molecule has 1 fully saturated rings. The molecule has 31 heavy (non-hydrogen) atoms. The van der Waals surface area contributed by atoms with Gasteiger partial charge in [0.25, 0.3) is 5.91 Å². The van der Waals surface area contributed by atoms with Crippen molar-refractivity contribution in [2.24, 2.45) is 0 Å². The predicted octanol–water partition coefficient (Wildman–Crippen LogP) is 2.45. The summed E-state index contributed by atoms with van der Waals surface area (Å²) in [5.41, 5.74) is 0.559. The van der Waals surface area contributed by atoms with Gasteiger partial charge < -0.3 is 15.0 Å². The van der Waals surface area contributed by atoms with Gasteiger partial charge in [0, 0.05) is 30.9 Å². The Morgan fingerprint density at radius 1 is 1.10 bits per heavy atom. The van der Waals surface area contributed by atoms with Crippen molar-refractivity contribution in [1.29, 1.82) is 0 Å². The second-order valence-electron chi connectivity index (χ2n) is 6.93. The Balaban J connectivity index is 1.51. The highest BCUT2D eigenvalue weighted by molar-refractivity contribution is 5.94. The number of benzene rings is 2. The van der Waals surface area contributed by atoms with Crippen LogP contribution >= 0.6 is 0 Å². The Morgan fingerprint density at radius 2 is 1.90 bits per heavy atom. The molecule has 4 rings (SSSR count). The molecule has 1 aliphatic rings. The van der Waals surface area contributed by atoms with E-state index in [1.54, 1.807) is 30.3 Å². The van der Waals surface area contributed by atoms with Crippen molar-refractivity contribution in [3.63, 3.8) is 0 Å². The fraction of sp³-hybridized carbons (Fsp3) is 0.300. The van der Waals surface area contributed by atoms with Crippen molar-refractivity contribution in [3.05, 3.63) is 65.5 Å². The third-order valence-corrected chi connectivity index (χ3v) is 4.94. The Labute approximate surface area is 175 Å². The Kier molecular flexibility index (Phi) is 5.85. The number of nitrogens with zero attached hydrogens (tertiary/aromatic N) is 5. The van der Waals surface area contributed by atoms with E-state index in [1.807, 2.05) is 4.90 Å². The molecular weight excluding hydrogens is 413 g/mol. The number of hydrogen-bond acceptors (Lipinski definition) is 6. The van der Waals surface area contributed by atoms with Crippen LogP contribution in [0.1, 0.15) is 21.5 Å². The number of aromatic nitrogens is 4. The van der Waals surface area contributed by atoms with Crippen molar-refractivity contribution in [2.75, 3.05) is 31.2 Å². The van der Waals surface area contributed by atoms with Crippen LogP contribution in [0.15, 0.2) is 48.8 Å². The quantitative estimate of drug-likeness (QED) is 0.667. The number of alkyl halides is 3. The summed E-state index contributed by atoms with van der Waals surface area (Å²) >= 11 is 0. The Bertz CT molecular complexity index is 1050. The van der Waals surface area contributed by atoms with Gasteiger partial charge in [0.15, 0.2) is 0 Å².